The summed E-state index contributed by atoms with van der Waals surface area (Å²) in [7, 11) is 0. The van der Waals surface area contributed by atoms with E-state index in [4.69, 9.17) is 5.11 Å². The van der Waals surface area contributed by atoms with Crippen molar-refractivity contribution in [3.8, 4) is 0 Å². The largest absolute Gasteiger partial charge is 0.390 e. The summed E-state index contributed by atoms with van der Waals surface area (Å²) in [6.07, 6.45) is 6.09. The molecule has 2 nitrogen and oxygen atoms in total. The molecule has 0 aromatic carbocycles. The normalized spacial score (nSPS) is 12.4. The van der Waals surface area contributed by atoms with E-state index in [1.54, 1.807) is 12.3 Å². The van der Waals surface area contributed by atoms with E-state index in [1.807, 2.05) is 13.0 Å². The van der Waals surface area contributed by atoms with Crippen molar-refractivity contribution in [3.63, 3.8) is 0 Å². The maximum absolute atomic E-state index is 8.59. The van der Waals surface area contributed by atoms with Crippen LogP contribution >= 0.6 is 0 Å². The van der Waals surface area contributed by atoms with Crippen LogP contribution in [0.2, 0.25) is 0 Å². The Labute approximate surface area is 61.6 Å². The zero-order valence-corrected chi connectivity index (χ0v) is 6.25. The molecule has 0 unspecified atom stereocenters. The van der Waals surface area contributed by atoms with E-state index in [2.05, 4.69) is 11.6 Å². The monoisotopic (exact) mass is 139 g/mol. The molecule has 0 rings (SSSR count). The molecule has 1 N–H and O–H groups in total. The van der Waals surface area contributed by atoms with Gasteiger partial charge in [-0.2, -0.15) is 0 Å². The van der Waals surface area contributed by atoms with Crippen LogP contribution in [-0.2, 0) is 0 Å². The van der Waals surface area contributed by atoms with Gasteiger partial charge in [0.25, 0.3) is 0 Å². The van der Waals surface area contributed by atoms with Crippen molar-refractivity contribution in [3.05, 3.63) is 24.9 Å². The topological polar surface area (TPSA) is 32.6 Å². The highest BCUT2D eigenvalue weighted by Crippen LogP contribution is 1.84. The molecule has 0 aliphatic carbocycles. The van der Waals surface area contributed by atoms with Crippen LogP contribution in [0.25, 0.3) is 0 Å². The van der Waals surface area contributed by atoms with Crippen LogP contribution in [0.1, 0.15) is 13.3 Å². The molecule has 10 heavy (non-hydrogen) atoms. The molecule has 0 radical (unpaired) electrons. The van der Waals surface area contributed by atoms with Crippen LogP contribution in [0.3, 0.4) is 0 Å². The summed E-state index contributed by atoms with van der Waals surface area (Å²) in [5, 5.41) is 8.59. The summed E-state index contributed by atoms with van der Waals surface area (Å²) < 4.78 is 0. The Morgan fingerprint density at radius 2 is 2.40 bits per heavy atom. The summed E-state index contributed by atoms with van der Waals surface area (Å²) in [6.45, 7) is 5.47. The smallest absolute Gasteiger partial charge is 0.0852 e. The molecule has 0 aromatic rings. The van der Waals surface area contributed by atoms with E-state index in [0.717, 1.165) is 6.42 Å². The predicted molar refractivity (Wildman–Crippen MR) is 44.1 cm³/mol. The lowest BCUT2D eigenvalue weighted by molar-refractivity contribution is 0.358. The van der Waals surface area contributed by atoms with Gasteiger partial charge in [0, 0.05) is 6.20 Å². The number of nitrogens with zero attached hydrogens (tertiary/aromatic N) is 1. The molecular weight excluding hydrogens is 126 g/mol. The molecule has 0 saturated heterocycles. The molecule has 0 heterocycles. The van der Waals surface area contributed by atoms with Gasteiger partial charge in [0.1, 0.15) is 0 Å². The van der Waals surface area contributed by atoms with E-state index < -0.39 is 0 Å². The molecule has 0 aromatic heterocycles. The second-order valence-electron chi connectivity index (χ2n) is 1.78. The molecule has 0 atom stereocenters. The third-order valence-corrected chi connectivity index (χ3v) is 0.979. The fourth-order valence-electron chi connectivity index (χ4n) is 0.412. The lowest BCUT2D eigenvalue weighted by Crippen LogP contribution is -1.97. The number of aliphatic imine (C=N–C) groups is 1. The van der Waals surface area contributed by atoms with Crippen LogP contribution < -0.4 is 0 Å². The molecule has 0 spiro atoms. The Morgan fingerprint density at radius 3 is 2.80 bits per heavy atom. The Kier molecular flexibility index (Phi) is 5.68. The average molecular weight is 139 g/mol. The highest BCUT2D eigenvalue weighted by atomic mass is 16.3. The lowest BCUT2D eigenvalue weighted by Gasteiger charge is -1.88. The molecule has 0 aliphatic heterocycles. The minimum atomic E-state index is -0.0441. The van der Waals surface area contributed by atoms with Gasteiger partial charge < -0.3 is 5.11 Å². The quantitative estimate of drug-likeness (QED) is 0.588. The molecule has 0 saturated carbocycles. The summed E-state index contributed by atoms with van der Waals surface area (Å²) in [6, 6.07) is 0. The first-order valence-electron chi connectivity index (χ1n) is 3.30. The van der Waals surface area contributed by atoms with E-state index in [-0.39, 0.29) is 6.61 Å². The van der Waals surface area contributed by atoms with Crippen molar-refractivity contribution >= 4 is 5.71 Å². The molecule has 0 amide bonds. The van der Waals surface area contributed by atoms with Gasteiger partial charge in [-0.15, -0.1) is 0 Å². The predicted octanol–water partition coefficient (Wildman–Crippen LogP) is 1.53. The summed E-state index contributed by atoms with van der Waals surface area (Å²) in [5.41, 5.74) is 0.602. The van der Waals surface area contributed by atoms with Crippen molar-refractivity contribution in [1.29, 1.82) is 0 Å². The van der Waals surface area contributed by atoms with Crippen LogP contribution in [0.5, 0.6) is 0 Å². The van der Waals surface area contributed by atoms with Crippen LogP contribution in [0.15, 0.2) is 29.9 Å². The summed E-state index contributed by atoms with van der Waals surface area (Å²) in [4.78, 5) is 3.92. The molecule has 0 fully saturated rings. The van der Waals surface area contributed by atoms with E-state index in [1.165, 1.54) is 0 Å². The molecule has 0 aliphatic rings. The minimum absolute atomic E-state index is 0.0441. The van der Waals surface area contributed by atoms with Gasteiger partial charge in [-0.25, -0.2) is 0 Å². The Balaban J connectivity index is 3.85. The van der Waals surface area contributed by atoms with E-state index in [9.17, 15) is 0 Å². The van der Waals surface area contributed by atoms with Gasteiger partial charge >= 0.3 is 0 Å². The Bertz CT molecular complexity index is 147. The fraction of sp³-hybridized carbons (Fsp3) is 0.375. The standard InChI is InChI=1S/C8H13NO/c1-3-5-6-9-8(4-2)7-10/h4-6,10H,2-3,7H2,1H3/b6-5-,9-8?. The van der Waals surface area contributed by atoms with Gasteiger partial charge in [0.05, 0.1) is 12.3 Å². The number of aliphatic hydroxyl groups is 1. The third kappa shape index (κ3) is 4.04. The number of hydrogen-bond donors (Lipinski definition) is 1. The van der Waals surface area contributed by atoms with Crippen LogP contribution in [0, 0.1) is 0 Å². The maximum atomic E-state index is 8.59. The average Bonchev–Trinajstić information content (AvgIpc) is 1.99. The third-order valence-electron chi connectivity index (χ3n) is 0.979. The van der Waals surface area contributed by atoms with Crippen molar-refractivity contribution in [2.24, 2.45) is 4.99 Å². The first-order chi connectivity index (χ1) is 4.85. The van der Waals surface area contributed by atoms with Gasteiger partial charge in [-0.05, 0) is 12.5 Å². The van der Waals surface area contributed by atoms with Gasteiger partial charge in [-0.1, -0.05) is 19.6 Å². The molecular formula is C8H13NO. The minimum Gasteiger partial charge on any atom is -0.390 e. The Hall–Kier alpha value is -0.890. The first kappa shape index (κ1) is 9.11. The van der Waals surface area contributed by atoms with E-state index in [0.29, 0.717) is 5.71 Å². The Morgan fingerprint density at radius 1 is 1.70 bits per heavy atom. The highest BCUT2D eigenvalue weighted by molar-refractivity contribution is 5.95. The molecule has 2 heteroatoms. The molecule has 56 valence electrons. The fourth-order valence-corrected chi connectivity index (χ4v) is 0.412. The van der Waals surface area contributed by atoms with Crippen molar-refractivity contribution in [1.82, 2.24) is 0 Å². The van der Waals surface area contributed by atoms with Crippen molar-refractivity contribution in [2.75, 3.05) is 6.61 Å². The van der Waals surface area contributed by atoms with Gasteiger partial charge in [0.15, 0.2) is 0 Å². The van der Waals surface area contributed by atoms with Crippen molar-refractivity contribution < 1.29 is 5.11 Å². The zero-order chi connectivity index (χ0) is 7.82. The van der Waals surface area contributed by atoms with Crippen molar-refractivity contribution in [2.45, 2.75) is 13.3 Å². The van der Waals surface area contributed by atoms with Gasteiger partial charge in [0.2, 0.25) is 0 Å². The zero-order valence-electron chi connectivity index (χ0n) is 6.25. The number of allylic oxidation sites excluding steroid dienone is 1. The van der Waals surface area contributed by atoms with Crippen LogP contribution in [-0.4, -0.2) is 17.4 Å². The second kappa shape index (κ2) is 6.23. The lowest BCUT2D eigenvalue weighted by atomic mass is 10.4. The van der Waals surface area contributed by atoms with Gasteiger partial charge in [-0.3, -0.25) is 4.99 Å². The number of hydrogen-bond acceptors (Lipinski definition) is 2. The van der Waals surface area contributed by atoms with E-state index >= 15 is 0 Å². The highest BCUT2D eigenvalue weighted by Gasteiger charge is 1.83. The number of rotatable bonds is 4. The summed E-state index contributed by atoms with van der Waals surface area (Å²) >= 11 is 0. The summed E-state index contributed by atoms with van der Waals surface area (Å²) in [5.74, 6) is 0. The second-order valence-corrected chi connectivity index (χ2v) is 1.78. The van der Waals surface area contributed by atoms with Crippen LogP contribution in [0.4, 0.5) is 0 Å². The SMILES string of the molecule is C=CC(CO)=N/C=C\CC. The number of aliphatic hydroxyl groups excluding tert-OH is 1. The molecule has 0 bridgehead atoms. The first-order valence-corrected chi connectivity index (χ1v) is 3.30. The maximum Gasteiger partial charge on any atom is 0.0852 e.